The fourth-order valence-corrected chi connectivity index (χ4v) is 4.16. The molecule has 2 aliphatic rings. The molecule has 10 heteroatoms. The number of nitrogen functional groups attached to an aromatic ring is 1. The van der Waals surface area contributed by atoms with Crippen molar-refractivity contribution in [2.24, 2.45) is 0 Å². The van der Waals surface area contributed by atoms with Gasteiger partial charge in [-0.3, -0.25) is 4.90 Å². The lowest BCUT2D eigenvalue weighted by Gasteiger charge is -2.42. The molecule has 2 aromatic heterocycles. The zero-order valence-corrected chi connectivity index (χ0v) is 18.3. The van der Waals surface area contributed by atoms with Gasteiger partial charge in [-0.15, -0.1) is 0 Å². The number of rotatable bonds is 5. The van der Waals surface area contributed by atoms with Gasteiger partial charge in [0.1, 0.15) is 22.3 Å². The van der Waals surface area contributed by atoms with Crippen molar-refractivity contribution in [2.75, 3.05) is 69.4 Å². The van der Waals surface area contributed by atoms with E-state index in [-0.39, 0.29) is 5.82 Å². The van der Waals surface area contributed by atoms with E-state index in [0.717, 1.165) is 44.8 Å². The molecule has 0 spiro atoms. The molecule has 0 saturated carbocycles. The van der Waals surface area contributed by atoms with Crippen molar-refractivity contribution in [3.05, 3.63) is 23.4 Å². The average Bonchev–Trinajstić information content (AvgIpc) is 2.77. The Hall–Kier alpha value is -2.36. The van der Waals surface area contributed by atoms with Gasteiger partial charge < -0.3 is 25.6 Å². The van der Waals surface area contributed by atoms with E-state index in [9.17, 15) is 0 Å². The molecule has 4 rings (SSSR count). The Morgan fingerprint density at radius 3 is 2.50 bits per heavy atom. The van der Waals surface area contributed by atoms with E-state index < -0.39 is 0 Å². The molecule has 3 N–H and O–H groups in total. The predicted molar refractivity (Wildman–Crippen MR) is 120 cm³/mol. The molecule has 0 radical (unpaired) electrons. The van der Waals surface area contributed by atoms with Crippen LogP contribution in [0.4, 0.5) is 23.3 Å². The summed E-state index contributed by atoms with van der Waals surface area (Å²) < 4.78 is 5.50. The molecule has 0 unspecified atom stereocenters. The third-order valence-corrected chi connectivity index (χ3v) is 6.19. The highest BCUT2D eigenvalue weighted by atomic mass is 35.5. The molecule has 0 amide bonds. The number of hydrogen-bond acceptors (Lipinski definition) is 9. The first-order chi connectivity index (χ1) is 14.5. The molecule has 2 saturated heterocycles. The summed E-state index contributed by atoms with van der Waals surface area (Å²) in [6, 6.07) is 4.60. The Labute approximate surface area is 182 Å². The number of halogens is 1. The minimum absolute atomic E-state index is 0.223. The summed E-state index contributed by atoms with van der Waals surface area (Å²) in [4.78, 5) is 20.4. The number of piperidine rings is 1. The molecule has 0 aliphatic carbocycles. The highest BCUT2D eigenvalue weighted by molar-refractivity contribution is 6.32. The number of piperazine rings is 1. The van der Waals surface area contributed by atoms with Gasteiger partial charge in [0.2, 0.25) is 11.8 Å². The first kappa shape index (κ1) is 20.9. The summed E-state index contributed by atoms with van der Waals surface area (Å²) in [5, 5.41) is 3.42. The highest BCUT2D eigenvalue weighted by Gasteiger charge is 2.27. The third-order valence-electron chi connectivity index (χ3n) is 5.90. The summed E-state index contributed by atoms with van der Waals surface area (Å²) in [5.74, 6) is 1.98. The molecule has 0 atom stereocenters. The van der Waals surface area contributed by atoms with Crippen molar-refractivity contribution >= 4 is 34.9 Å². The summed E-state index contributed by atoms with van der Waals surface area (Å²) in [7, 11) is 3.81. The Bertz CT molecular complexity index is 866. The van der Waals surface area contributed by atoms with E-state index in [0.29, 0.717) is 28.6 Å². The van der Waals surface area contributed by atoms with Gasteiger partial charge in [0.15, 0.2) is 0 Å². The Morgan fingerprint density at radius 2 is 1.83 bits per heavy atom. The summed E-state index contributed by atoms with van der Waals surface area (Å²) in [6.07, 6.45) is 3.78. The SMILES string of the molecule is COc1nc(N2CCC(N3CCN(C)CC3)CC2)ccc1Nc1ncc(Cl)c(N)n1. The summed E-state index contributed by atoms with van der Waals surface area (Å²) in [6.45, 7) is 6.66. The van der Waals surface area contributed by atoms with Crippen LogP contribution in [-0.2, 0) is 0 Å². The van der Waals surface area contributed by atoms with Crippen molar-refractivity contribution in [1.29, 1.82) is 0 Å². The zero-order chi connectivity index (χ0) is 21.1. The Kier molecular flexibility index (Phi) is 6.40. The lowest BCUT2D eigenvalue weighted by molar-refractivity contribution is 0.0981. The molecule has 2 aromatic rings. The van der Waals surface area contributed by atoms with Crippen LogP contribution in [0, 0.1) is 0 Å². The number of nitrogens with two attached hydrogens (primary N) is 1. The molecule has 2 fully saturated rings. The van der Waals surface area contributed by atoms with Gasteiger partial charge in [-0.1, -0.05) is 11.6 Å². The van der Waals surface area contributed by atoms with E-state index in [1.807, 2.05) is 12.1 Å². The Morgan fingerprint density at radius 1 is 1.10 bits per heavy atom. The van der Waals surface area contributed by atoms with E-state index in [4.69, 9.17) is 27.1 Å². The van der Waals surface area contributed by atoms with Gasteiger partial charge in [0.05, 0.1) is 13.3 Å². The van der Waals surface area contributed by atoms with E-state index in [1.54, 1.807) is 7.11 Å². The fourth-order valence-electron chi connectivity index (χ4n) is 4.07. The van der Waals surface area contributed by atoms with Crippen LogP contribution in [0.3, 0.4) is 0 Å². The normalized spacial score (nSPS) is 19.1. The average molecular weight is 433 g/mol. The minimum atomic E-state index is 0.223. The molecular weight excluding hydrogens is 404 g/mol. The van der Waals surface area contributed by atoms with E-state index in [2.05, 4.69) is 37.0 Å². The smallest absolute Gasteiger partial charge is 0.239 e. The number of ether oxygens (including phenoxy) is 1. The molecular formula is C20H29ClN8O. The van der Waals surface area contributed by atoms with E-state index >= 15 is 0 Å². The maximum atomic E-state index is 5.89. The standard InChI is InChI=1S/C20H29ClN8O/c1-27-9-11-28(12-10-27)14-5-7-29(8-6-14)17-4-3-16(19(25-17)30-2)24-20-23-13-15(21)18(22)26-20/h3-4,13-14H,5-12H2,1-2H3,(H3,22,23,24,26). The summed E-state index contributed by atoms with van der Waals surface area (Å²) in [5.41, 5.74) is 6.43. The molecule has 9 nitrogen and oxygen atoms in total. The maximum absolute atomic E-state index is 5.89. The Balaban J connectivity index is 1.40. The first-order valence-electron chi connectivity index (χ1n) is 10.3. The van der Waals surface area contributed by atoms with Crippen molar-refractivity contribution in [2.45, 2.75) is 18.9 Å². The third kappa shape index (κ3) is 4.69. The monoisotopic (exact) mass is 432 g/mol. The number of methoxy groups -OCH3 is 1. The van der Waals surface area contributed by atoms with Crippen LogP contribution < -0.4 is 20.7 Å². The number of aromatic nitrogens is 3. The topological polar surface area (TPSA) is 95.7 Å². The van der Waals surface area contributed by atoms with E-state index in [1.165, 1.54) is 19.3 Å². The molecule has 30 heavy (non-hydrogen) atoms. The molecule has 4 heterocycles. The highest BCUT2D eigenvalue weighted by Crippen LogP contribution is 2.30. The van der Waals surface area contributed by atoms with Gasteiger partial charge in [-0.05, 0) is 32.0 Å². The molecule has 0 bridgehead atoms. The zero-order valence-electron chi connectivity index (χ0n) is 17.5. The fraction of sp³-hybridized carbons (Fsp3) is 0.550. The number of hydrogen-bond donors (Lipinski definition) is 2. The van der Waals surface area contributed by atoms with Crippen LogP contribution in [0.2, 0.25) is 5.02 Å². The van der Waals surface area contributed by atoms with Crippen molar-refractivity contribution in [1.82, 2.24) is 24.8 Å². The van der Waals surface area contributed by atoms with Crippen LogP contribution in [-0.4, -0.2) is 84.2 Å². The first-order valence-corrected chi connectivity index (χ1v) is 10.7. The molecule has 0 aromatic carbocycles. The number of nitrogens with one attached hydrogen (secondary N) is 1. The lowest BCUT2D eigenvalue weighted by atomic mass is 10.0. The van der Waals surface area contributed by atoms with Crippen LogP contribution in [0.25, 0.3) is 0 Å². The minimum Gasteiger partial charge on any atom is -0.479 e. The summed E-state index contributed by atoms with van der Waals surface area (Å²) >= 11 is 5.89. The van der Waals surface area contributed by atoms with Crippen LogP contribution >= 0.6 is 11.6 Å². The number of nitrogens with zero attached hydrogens (tertiary/aromatic N) is 6. The quantitative estimate of drug-likeness (QED) is 0.735. The van der Waals surface area contributed by atoms with Gasteiger partial charge in [-0.25, -0.2) is 4.98 Å². The molecule has 162 valence electrons. The second-order valence-corrected chi connectivity index (χ2v) is 8.24. The molecule has 2 aliphatic heterocycles. The predicted octanol–water partition coefficient (Wildman–Crippen LogP) is 2.08. The van der Waals surface area contributed by atoms with Crippen molar-refractivity contribution in [3.8, 4) is 5.88 Å². The largest absolute Gasteiger partial charge is 0.479 e. The van der Waals surface area contributed by atoms with Crippen molar-refractivity contribution in [3.63, 3.8) is 0 Å². The number of likely N-dealkylation sites (N-methyl/N-ethyl adjacent to an activating group) is 1. The van der Waals surface area contributed by atoms with Gasteiger partial charge >= 0.3 is 0 Å². The maximum Gasteiger partial charge on any atom is 0.239 e. The number of anilines is 4. The van der Waals surface area contributed by atoms with Crippen LogP contribution in [0.15, 0.2) is 18.3 Å². The van der Waals surface area contributed by atoms with Crippen LogP contribution in [0.5, 0.6) is 5.88 Å². The van der Waals surface area contributed by atoms with Gasteiger partial charge in [0.25, 0.3) is 0 Å². The van der Waals surface area contributed by atoms with Crippen molar-refractivity contribution < 1.29 is 4.74 Å². The van der Waals surface area contributed by atoms with Crippen LogP contribution in [0.1, 0.15) is 12.8 Å². The van der Waals surface area contributed by atoms with Gasteiger partial charge in [-0.2, -0.15) is 9.97 Å². The number of pyridine rings is 1. The lowest BCUT2D eigenvalue weighted by Crippen LogP contribution is -2.52. The van der Waals surface area contributed by atoms with Gasteiger partial charge in [0, 0.05) is 45.3 Å². The second-order valence-electron chi connectivity index (χ2n) is 7.84. The second kappa shape index (κ2) is 9.20.